The molecule has 0 saturated carbocycles. The van der Waals surface area contributed by atoms with Crippen LogP contribution in [0.5, 0.6) is 11.5 Å². The molecule has 1 fully saturated rings. The van der Waals surface area contributed by atoms with Crippen molar-refractivity contribution < 1.29 is 27.8 Å². The van der Waals surface area contributed by atoms with Crippen LogP contribution in [0.15, 0.2) is 36.4 Å². The van der Waals surface area contributed by atoms with Crippen LogP contribution in [-0.4, -0.2) is 49.6 Å². The van der Waals surface area contributed by atoms with Gasteiger partial charge in [-0.15, -0.1) is 0 Å². The fourth-order valence-corrected chi connectivity index (χ4v) is 3.29. The molecule has 1 saturated heterocycles. The molecule has 2 amide bonds. The van der Waals surface area contributed by atoms with Crippen LogP contribution in [0.25, 0.3) is 0 Å². The summed E-state index contributed by atoms with van der Waals surface area (Å²) in [7, 11) is 0. The first-order valence-corrected chi connectivity index (χ1v) is 10.3. The number of rotatable bonds is 8. The quantitative estimate of drug-likeness (QED) is 0.635. The maximum absolute atomic E-state index is 13.4. The molecular formula is C21H20Cl2F2N2O4. The van der Waals surface area contributed by atoms with E-state index in [1.165, 1.54) is 24.3 Å². The molecule has 1 aliphatic rings. The minimum Gasteiger partial charge on any atom is -0.484 e. The second kappa shape index (κ2) is 10.6. The third-order valence-corrected chi connectivity index (χ3v) is 5.35. The number of nitrogens with one attached hydrogen (secondary N) is 1. The predicted molar refractivity (Wildman–Crippen MR) is 112 cm³/mol. The number of ether oxygens (including phenoxy) is 2. The first kappa shape index (κ1) is 23.1. The van der Waals surface area contributed by atoms with Crippen LogP contribution >= 0.6 is 23.2 Å². The lowest BCUT2D eigenvalue weighted by Gasteiger charge is -2.17. The maximum Gasteiger partial charge on any atom is 0.260 e. The van der Waals surface area contributed by atoms with Gasteiger partial charge in [0.2, 0.25) is 0 Å². The molecule has 166 valence electrons. The average Bonchev–Trinajstić information content (AvgIpc) is 3.23. The van der Waals surface area contributed by atoms with Gasteiger partial charge in [-0.05, 0) is 36.6 Å². The second-order valence-corrected chi connectivity index (χ2v) is 7.84. The zero-order valence-electron chi connectivity index (χ0n) is 16.4. The normalized spacial score (nSPS) is 15.6. The predicted octanol–water partition coefficient (Wildman–Crippen LogP) is 3.69. The Balaban J connectivity index is 1.36. The highest BCUT2D eigenvalue weighted by Gasteiger charge is 2.26. The molecule has 3 rings (SSSR count). The zero-order chi connectivity index (χ0) is 22.4. The van der Waals surface area contributed by atoms with E-state index >= 15 is 0 Å². The number of carbonyl (C=O) groups is 2. The Morgan fingerprint density at radius 1 is 1.00 bits per heavy atom. The average molecular weight is 473 g/mol. The summed E-state index contributed by atoms with van der Waals surface area (Å²) < 4.78 is 37.4. The largest absolute Gasteiger partial charge is 0.484 e. The van der Waals surface area contributed by atoms with E-state index < -0.39 is 11.6 Å². The van der Waals surface area contributed by atoms with Crippen LogP contribution in [0.1, 0.15) is 6.42 Å². The number of hydrogen-bond acceptors (Lipinski definition) is 4. The first-order chi connectivity index (χ1) is 14.8. The number of benzene rings is 2. The Kier molecular flexibility index (Phi) is 7.92. The van der Waals surface area contributed by atoms with Crippen molar-refractivity contribution in [1.82, 2.24) is 10.2 Å². The summed E-state index contributed by atoms with van der Waals surface area (Å²) in [5, 5.41) is 2.70. The van der Waals surface area contributed by atoms with E-state index in [4.69, 9.17) is 32.7 Å². The molecule has 0 aliphatic carbocycles. The van der Waals surface area contributed by atoms with E-state index in [1.54, 1.807) is 4.90 Å². The molecule has 1 unspecified atom stereocenters. The van der Waals surface area contributed by atoms with Crippen LogP contribution < -0.4 is 14.8 Å². The lowest BCUT2D eigenvalue weighted by Crippen LogP contribution is -2.36. The van der Waals surface area contributed by atoms with Crippen molar-refractivity contribution in [1.29, 1.82) is 0 Å². The number of likely N-dealkylation sites (tertiary alicyclic amines) is 1. The van der Waals surface area contributed by atoms with E-state index in [9.17, 15) is 18.4 Å². The van der Waals surface area contributed by atoms with E-state index in [2.05, 4.69) is 5.32 Å². The lowest BCUT2D eigenvalue weighted by atomic mass is 10.1. The maximum atomic E-state index is 13.4. The van der Waals surface area contributed by atoms with Gasteiger partial charge < -0.3 is 19.7 Å². The Morgan fingerprint density at radius 3 is 2.16 bits per heavy atom. The number of hydrogen-bond donors (Lipinski definition) is 1. The van der Waals surface area contributed by atoms with E-state index in [0.717, 1.165) is 18.6 Å². The Hall–Kier alpha value is -2.58. The van der Waals surface area contributed by atoms with E-state index in [-0.39, 0.29) is 52.5 Å². The van der Waals surface area contributed by atoms with E-state index in [1.807, 2.05) is 0 Å². The highest BCUT2D eigenvalue weighted by molar-refractivity contribution is 6.31. The molecule has 6 nitrogen and oxygen atoms in total. The third kappa shape index (κ3) is 6.70. The monoisotopic (exact) mass is 472 g/mol. The van der Waals surface area contributed by atoms with Crippen LogP contribution in [0.2, 0.25) is 10.0 Å². The van der Waals surface area contributed by atoms with Gasteiger partial charge in [0, 0.05) is 31.8 Å². The SMILES string of the molecule is O=C(COc1ccc(Cl)c(F)c1)NCC1CCN(C(=O)COc2ccc(Cl)c(F)c2)C1. The van der Waals surface area contributed by atoms with Crippen molar-refractivity contribution in [3.05, 3.63) is 58.1 Å². The van der Waals surface area contributed by atoms with Gasteiger partial charge in [-0.3, -0.25) is 9.59 Å². The van der Waals surface area contributed by atoms with Crippen LogP contribution in [-0.2, 0) is 9.59 Å². The Morgan fingerprint density at radius 2 is 1.58 bits per heavy atom. The highest BCUT2D eigenvalue weighted by Crippen LogP contribution is 2.22. The standard InChI is InChI=1S/C21H20Cl2F2N2O4/c22-16-3-1-14(7-18(16)24)30-11-20(28)26-9-13-5-6-27(10-13)21(29)12-31-15-2-4-17(23)19(25)8-15/h1-4,7-8,13H,5-6,9-12H2,(H,26,28). The molecule has 1 N–H and O–H groups in total. The van der Waals surface area contributed by atoms with Gasteiger partial charge >= 0.3 is 0 Å². The van der Waals surface area contributed by atoms with Crippen molar-refractivity contribution in [2.24, 2.45) is 5.92 Å². The number of nitrogens with zero attached hydrogens (tertiary/aromatic N) is 1. The second-order valence-electron chi connectivity index (χ2n) is 7.03. The van der Waals surface area contributed by atoms with Crippen molar-refractivity contribution in [2.75, 3.05) is 32.8 Å². The fourth-order valence-electron chi connectivity index (χ4n) is 3.05. The molecule has 2 aromatic rings. The third-order valence-electron chi connectivity index (χ3n) is 4.74. The van der Waals surface area contributed by atoms with Gasteiger partial charge in [0.1, 0.15) is 23.1 Å². The molecule has 0 radical (unpaired) electrons. The molecule has 2 aromatic carbocycles. The first-order valence-electron chi connectivity index (χ1n) is 9.52. The lowest BCUT2D eigenvalue weighted by molar-refractivity contribution is -0.132. The van der Waals surface area contributed by atoms with Crippen molar-refractivity contribution in [3.8, 4) is 11.5 Å². The van der Waals surface area contributed by atoms with Gasteiger partial charge in [0.15, 0.2) is 13.2 Å². The summed E-state index contributed by atoms with van der Waals surface area (Å²) in [4.78, 5) is 25.9. The fraction of sp³-hybridized carbons (Fsp3) is 0.333. The summed E-state index contributed by atoms with van der Waals surface area (Å²) >= 11 is 11.2. The number of halogens is 4. The summed E-state index contributed by atoms with van der Waals surface area (Å²) in [5.74, 6) is -1.30. The smallest absolute Gasteiger partial charge is 0.260 e. The molecule has 1 aliphatic heterocycles. The van der Waals surface area contributed by atoms with Gasteiger partial charge in [0.25, 0.3) is 11.8 Å². The van der Waals surface area contributed by atoms with Crippen LogP contribution in [0, 0.1) is 17.6 Å². The van der Waals surface area contributed by atoms with Gasteiger partial charge in [-0.2, -0.15) is 0 Å². The Labute approximate surface area is 188 Å². The molecule has 0 aromatic heterocycles. The summed E-state index contributed by atoms with van der Waals surface area (Å²) in [6.07, 6.45) is 0.727. The highest BCUT2D eigenvalue weighted by atomic mass is 35.5. The Bertz CT molecular complexity index is 961. The molecule has 1 heterocycles. The van der Waals surface area contributed by atoms with Gasteiger partial charge in [-0.25, -0.2) is 8.78 Å². The van der Waals surface area contributed by atoms with E-state index in [0.29, 0.717) is 19.6 Å². The van der Waals surface area contributed by atoms with Crippen molar-refractivity contribution in [3.63, 3.8) is 0 Å². The minimum atomic E-state index is -0.625. The van der Waals surface area contributed by atoms with Crippen LogP contribution in [0.3, 0.4) is 0 Å². The summed E-state index contributed by atoms with van der Waals surface area (Å²) in [6.45, 7) is 0.913. The topological polar surface area (TPSA) is 67.9 Å². The molecule has 0 bridgehead atoms. The van der Waals surface area contributed by atoms with Gasteiger partial charge in [0.05, 0.1) is 10.0 Å². The minimum absolute atomic E-state index is 0.0196. The molecule has 0 spiro atoms. The molecule has 31 heavy (non-hydrogen) atoms. The molecular weight excluding hydrogens is 453 g/mol. The molecule has 1 atom stereocenters. The van der Waals surface area contributed by atoms with Gasteiger partial charge in [-0.1, -0.05) is 23.2 Å². The van der Waals surface area contributed by atoms with Crippen molar-refractivity contribution >= 4 is 35.0 Å². The van der Waals surface area contributed by atoms with Crippen molar-refractivity contribution in [2.45, 2.75) is 6.42 Å². The number of amides is 2. The van der Waals surface area contributed by atoms with Crippen LogP contribution in [0.4, 0.5) is 8.78 Å². The summed E-state index contributed by atoms with van der Waals surface area (Å²) in [5.41, 5.74) is 0. The summed E-state index contributed by atoms with van der Waals surface area (Å²) in [6, 6.07) is 7.90. The molecule has 10 heteroatoms. The zero-order valence-corrected chi connectivity index (χ0v) is 17.9. The number of carbonyl (C=O) groups excluding carboxylic acids is 2.